The summed E-state index contributed by atoms with van der Waals surface area (Å²) in [5.74, 6) is -0.290. The summed E-state index contributed by atoms with van der Waals surface area (Å²) < 4.78 is 38.0. The summed E-state index contributed by atoms with van der Waals surface area (Å²) in [4.78, 5) is 32.1. The summed E-state index contributed by atoms with van der Waals surface area (Å²) in [6, 6.07) is 10.9. The highest BCUT2D eigenvalue weighted by Crippen LogP contribution is 2.30. The first-order valence-corrected chi connectivity index (χ1v) is 8.59. The molecule has 1 heterocycles. The Bertz CT molecular complexity index is 1060. The molecular weight excluding hydrogens is 383 g/mol. The molecule has 0 saturated carbocycles. The van der Waals surface area contributed by atoms with E-state index >= 15 is 0 Å². The Kier molecular flexibility index (Phi) is 5.45. The summed E-state index contributed by atoms with van der Waals surface area (Å²) in [6.07, 6.45) is -3.09. The number of halogens is 3. The number of aryl methyl sites for hydroxylation is 1. The van der Waals surface area contributed by atoms with Gasteiger partial charge in [-0.3, -0.25) is 9.59 Å². The fraction of sp³-hybridized carbons (Fsp3) is 0.143. The standard InChI is InChI=1S/C21H16F3N3O2/c1-12-18(20(29)27-17-9-5-14(6-10-17)13(2)28)11-25-19(26-12)15-3-7-16(8-4-15)21(22,23)24/h3-11H,1-2H3,(H,27,29). The van der Waals surface area contributed by atoms with Gasteiger partial charge in [0.15, 0.2) is 11.6 Å². The number of carbonyl (C=O) groups is 2. The number of ketones is 1. The Morgan fingerprint density at radius 1 is 0.966 bits per heavy atom. The molecule has 0 atom stereocenters. The van der Waals surface area contributed by atoms with Crippen LogP contribution in [0.4, 0.5) is 18.9 Å². The monoisotopic (exact) mass is 399 g/mol. The van der Waals surface area contributed by atoms with Crippen LogP contribution in [0.5, 0.6) is 0 Å². The predicted molar refractivity (Wildman–Crippen MR) is 102 cm³/mol. The fourth-order valence-electron chi connectivity index (χ4n) is 2.62. The van der Waals surface area contributed by atoms with Crippen molar-refractivity contribution < 1.29 is 22.8 Å². The van der Waals surface area contributed by atoms with Gasteiger partial charge in [-0.05, 0) is 50.2 Å². The fourth-order valence-corrected chi connectivity index (χ4v) is 2.62. The van der Waals surface area contributed by atoms with E-state index in [1.54, 1.807) is 31.2 Å². The molecule has 0 radical (unpaired) electrons. The molecule has 0 unspecified atom stereocenters. The lowest BCUT2D eigenvalue weighted by Crippen LogP contribution is -2.15. The number of nitrogens with one attached hydrogen (secondary N) is 1. The van der Waals surface area contributed by atoms with E-state index in [-0.39, 0.29) is 17.2 Å². The molecular formula is C21H16F3N3O2. The van der Waals surface area contributed by atoms with Gasteiger partial charge in [0.1, 0.15) is 0 Å². The molecule has 3 aromatic rings. The average Bonchev–Trinajstić information content (AvgIpc) is 2.67. The van der Waals surface area contributed by atoms with Crippen LogP contribution >= 0.6 is 0 Å². The number of hydrogen-bond donors (Lipinski definition) is 1. The van der Waals surface area contributed by atoms with Gasteiger partial charge in [-0.1, -0.05) is 12.1 Å². The highest BCUT2D eigenvalue weighted by molar-refractivity contribution is 6.05. The van der Waals surface area contributed by atoms with Crippen LogP contribution in [0.2, 0.25) is 0 Å². The van der Waals surface area contributed by atoms with Crippen LogP contribution in [-0.4, -0.2) is 21.7 Å². The van der Waals surface area contributed by atoms with Gasteiger partial charge < -0.3 is 5.32 Å². The van der Waals surface area contributed by atoms with Gasteiger partial charge in [0.05, 0.1) is 16.8 Å². The van der Waals surface area contributed by atoms with Crippen molar-refractivity contribution in [2.75, 3.05) is 5.32 Å². The van der Waals surface area contributed by atoms with E-state index in [1.165, 1.54) is 25.3 Å². The zero-order chi connectivity index (χ0) is 21.2. The van der Waals surface area contributed by atoms with Crippen molar-refractivity contribution in [2.24, 2.45) is 0 Å². The molecule has 0 bridgehead atoms. The van der Waals surface area contributed by atoms with Gasteiger partial charge in [-0.15, -0.1) is 0 Å². The Hall–Kier alpha value is -3.55. The SMILES string of the molecule is CC(=O)c1ccc(NC(=O)c2cnc(-c3ccc(C(F)(F)F)cc3)nc2C)cc1. The Balaban J connectivity index is 1.78. The Morgan fingerprint density at radius 3 is 2.10 bits per heavy atom. The molecule has 1 amide bonds. The van der Waals surface area contributed by atoms with Crippen molar-refractivity contribution >= 4 is 17.4 Å². The van der Waals surface area contributed by atoms with E-state index in [2.05, 4.69) is 15.3 Å². The topological polar surface area (TPSA) is 72.0 Å². The zero-order valence-corrected chi connectivity index (χ0v) is 15.5. The van der Waals surface area contributed by atoms with Crippen molar-refractivity contribution in [3.63, 3.8) is 0 Å². The van der Waals surface area contributed by atoms with Gasteiger partial charge >= 0.3 is 6.18 Å². The van der Waals surface area contributed by atoms with Gasteiger partial charge in [0, 0.05) is 23.0 Å². The number of rotatable bonds is 4. The lowest BCUT2D eigenvalue weighted by Gasteiger charge is -2.10. The second kappa shape index (κ2) is 7.83. The average molecular weight is 399 g/mol. The number of nitrogens with zero attached hydrogens (tertiary/aromatic N) is 2. The van der Waals surface area contributed by atoms with Crippen molar-refractivity contribution in [2.45, 2.75) is 20.0 Å². The van der Waals surface area contributed by atoms with Crippen LogP contribution in [0.25, 0.3) is 11.4 Å². The second-order valence-corrected chi connectivity index (χ2v) is 6.36. The molecule has 0 aliphatic rings. The van der Waals surface area contributed by atoms with E-state index < -0.39 is 17.6 Å². The Morgan fingerprint density at radius 2 is 1.59 bits per heavy atom. The van der Waals surface area contributed by atoms with Crippen molar-refractivity contribution in [3.8, 4) is 11.4 Å². The summed E-state index contributed by atoms with van der Waals surface area (Å²) in [6.45, 7) is 3.07. The van der Waals surface area contributed by atoms with Crippen LogP contribution < -0.4 is 5.32 Å². The third kappa shape index (κ3) is 4.66. The lowest BCUT2D eigenvalue weighted by molar-refractivity contribution is -0.137. The smallest absolute Gasteiger partial charge is 0.322 e. The van der Waals surface area contributed by atoms with Crippen LogP contribution in [0.15, 0.2) is 54.7 Å². The van der Waals surface area contributed by atoms with E-state index in [0.29, 0.717) is 22.5 Å². The van der Waals surface area contributed by atoms with E-state index in [1.807, 2.05) is 0 Å². The lowest BCUT2D eigenvalue weighted by atomic mass is 10.1. The first-order valence-electron chi connectivity index (χ1n) is 8.59. The van der Waals surface area contributed by atoms with E-state index in [9.17, 15) is 22.8 Å². The zero-order valence-electron chi connectivity index (χ0n) is 15.5. The predicted octanol–water partition coefficient (Wildman–Crippen LogP) is 4.93. The number of carbonyl (C=O) groups excluding carboxylic acids is 2. The van der Waals surface area contributed by atoms with Crippen LogP contribution in [-0.2, 0) is 6.18 Å². The number of hydrogen-bond acceptors (Lipinski definition) is 4. The summed E-state index contributed by atoms with van der Waals surface area (Å²) in [5.41, 5.74) is 1.30. The van der Waals surface area contributed by atoms with Crippen LogP contribution in [0, 0.1) is 6.92 Å². The first-order chi connectivity index (χ1) is 13.6. The quantitative estimate of drug-likeness (QED) is 0.632. The number of alkyl halides is 3. The largest absolute Gasteiger partial charge is 0.416 e. The molecule has 1 aromatic heterocycles. The summed E-state index contributed by atoms with van der Waals surface area (Å²) >= 11 is 0. The number of aromatic nitrogens is 2. The maximum Gasteiger partial charge on any atom is 0.416 e. The molecule has 0 fully saturated rings. The molecule has 0 aliphatic carbocycles. The molecule has 0 spiro atoms. The summed E-state index contributed by atoms with van der Waals surface area (Å²) in [7, 11) is 0. The minimum Gasteiger partial charge on any atom is -0.322 e. The molecule has 3 rings (SSSR count). The summed E-state index contributed by atoms with van der Waals surface area (Å²) in [5, 5.41) is 2.69. The van der Waals surface area contributed by atoms with Crippen LogP contribution in [0.1, 0.15) is 38.9 Å². The normalized spacial score (nSPS) is 11.2. The first kappa shape index (κ1) is 20.2. The van der Waals surface area contributed by atoms with E-state index in [0.717, 1.165) is 12.1 Å². The van der Waals surface area contributed by atoms with Crippen molar-refractivity contribution in [1.29, 1.82) is 0 Å². The third-order valence-corrected chi connectivity index (χ3v) is 4.24. The highest BCUT2D eigenvalue weighted by atomic mass is 19.4. The van der Waals surface area contributed by atoms with Gasteiger partial charge in [-0.2, -0.15) is 13.2 Å². The maximum atomic E-state index is 12.7. The van der Waals surface area contributed by atoms with Crippen molar-refractivity contribution in [1.82, 2.24) is 9.97 Å². The highest BCUT2D eigenvalue weighted by Gasteiger charge is 2.30. The Labute approximate surface area is 164 Å². The minimum absolute atomic E-state index is 0.0778. The molecule has 1 N–H and O–H groups in total. The molecule has 0 aliphatic heterocycles. The van der Waals surface area contributed by atoms with Crippen LogP contribution in [0.3, 0.4) is 0 Å². The maximum absolute atomic E-state index is 12.7. The third-order valence-electron chi connectivity index (χ3n) is 4.24. The number of anilines is 1. The second-order valence-electron chi connectivity index (χ2n) is 6.36. The van der Waals surface area contributed by atoms with Gasteiger partial charge in [0.2, 0.25) is 0 Å². The molecule has 148 valence electrons. The van der Waals surface area contributed by atoms with Crippen molar-refractivity contribution in [3.05, 3.63) is 77.1 Å². The molecule has 2 aromatic carbocycles. The molecule has 29 heavy (non-hydrogen) atoms. The molecule has 5 nitrogen and oxygen atoms in total. The number of benzene rings is 2. The van der Waals surface area contributed by atoms with Gasteiger partial charge in [-0.25, -0.2) is 9.97 Å². The molecule has 8 heteroatoms. The number of Topliss-reactive ketones (excluding diaryl/α,β-unsaturated/α-hetero) is 1. The minimum atomic E-state index is -4.42. The van der Waals surface area contributed by atoms with Gasteiger partial charge in [0.25, 0.3) is 5.91 Å². The van der Waals surface area contributed by atoms with E-state index in [4.69, 9.17) is 0 Å². The molecule has 0 saturated heterocycles. The number of amides is 1.